The van der Waals surface area contributed by atoms with E-state index in [0.29, 0.717) is 26.1 Å². The molecule has 1 amide bonds. The van der Waals surface area contributed by atoms with E-state index in [9.17, 15) is 17.6 Å². The van der Waals surface area contributed by atoms with Crippen LogP contribution in [0.3, 0.4) is 0 Å². The Morgan fingerprint density at radius 3 is 2.65 bits per heavy atom. The lowest BCUT2D eigenvalue weighted by molar-refractivity contribution is -0.0209. The number of hydrogen-bond acceptors (Lipinski definition) is 4. The summed E-state index contributed by atoms with van der Waals surface area (Å²) >= 11 is 0. The number of primary sulfonamides is 1. The molecule has 1 saturated heterocycles. The molecule has 0 saturated carbocycles. The first-order valence-corrected chi connectivity index (χ1v) is 9.66. The summed E-state index contributed by atoms with van der Waals surface area (Å²) in [4.78, 5) is 13.9. The summed E-state index contributed by atoms with van der Waals surface area (Å²) in [6.07, 6.45) is 0.421. The minimum absolute atomic E-state index is 0.209. The average molecular weight is 378 g/mol. The molecule has 26 heavy (non-hydrogen) atoms. The lowest BCUT2D eigenvalue weighted by Gasteiger charge is -2.33. The standard InChI is InChI=1S/C18H19FN2O4S/c19-17-7-6-15(26(20,23)24)11-16(17)18(22)21-8-9-25-14(12-21)10-13-4-2-1-3-5-13/h1-7,11,14H,8-10,12H2,(H2,20,23,24)/t14-/m0/s1. The Morgan fingerprint density at radius 2 is 1.96 bits per heavy atom. The summed E-state index contributed by atoms with van der Waals surface area (Å²) in [6, 6.07) is 12.7. The van der Waals surface area contributed by atoms with Crippen molar-refractivity contribution in [1.29, 1.82) is 0 Å². The van der Waals surface area contributed by atoms with E-state index in [-0.39, 0.29) is 16.6 Å². The first kappa shape index (κ1) is 18.5. The number of rotatable bonds is 4. The minimum Gasteiger partial charge on any atom is -0.374 e. The van der Waals surface area contributed by atoms with Crippen LogP contribution in [0.15, 0.2) is 53.4 Å². The highest BCUT2D eigenvalue weighted by Crippen LogP contribution is 2.19. The van der Waals surface area contributed by atoms with Crippen LogP contribution in [0.2, 0.25) is 0 Å². The molecule has 138 valence electrons. The third-order valence-corrected chi connectivity index (χ3v) is 5.14. The monoisotopic (exact) mass is 378 g/mol. The molecule has 2 aromatic rings. The van der Waals surface area contributed by atoms with Crippen LogP contribution < -0.4 is 5.14 Å². The van der Waals surface area contributed by atoms with Gasteiger partial charge in [-0.15, -0.1) is 0 Å². The number of carbonyl (C=O) groups excluding carboxylic acids is 1. The number of morpholine rings is 1. The highest BCUT2D eigenvalue weighted by Gasteiger charge is 2.27. The van der Waals surface area contributed by atoms with Gasteiger partial charge in [-0.3, -0.25) is 4.79 Å². The van der Waals surface area contributed by atoms with E-state index in [1.807, 2.05) is 30.3 Å². The molecule has 2 N–H and O–H groups in total. The van der Waals surface area contributed by atoms with Crippen molar-refractivity contribution in [2.45, 2.75) is 17.4 Å². The predicted octanol–water partition coefficient (Wildman–Crippen LogP) is 1.56. The van der Waals surface area contributed by atoms with Gasteiger partial charge < -0.3 is 9.64 Å². The van der Waals surface area contributed by atoms with Crippen LogP contribution in [-0.4, -0.2) is 45.0 Å². The number of nitrogens with two attached hydrogens (primary N) is 1. The Hall–Kier alpha value is -2.29. The van der Waals surface area contributed by atoms with Crippen molar-refractivity contribution in [3.05, 3.63) is 65.5 Å². The Balaban J connectivity index is 1.77. The molecule has 1 fully saturated rings. The molecule has 0 bridgehead atoms. The molecule has 0 aliphatic carbocycles. The van der Waals surface area contributed by atoms with Gasteiger partial charge in [-0.1, -0.05) is 30.3 Å². The fourth-order valence-corrected chi connectivity index (χ4v) is 3.46. The van der Waals surface area contributed by atoms with Crippen molar-refractivity contribution in [3.63, 3.8) is 0 Å². The highest BCUT2D eigenvalue weighted by atomic mass is 32.2. The van der Waals surface area contributed by atoms with E-state index >= 15 is 0 Å². The van der Waals surface area contributed by atoms with E-state index in [4.69, 9.17) is 9.88 Å². The first-order chi connectivity index (χ1) is 12.3. The number of amides is 1. The van der Waals surface area contributed by atoms with Gasteiger partial charge in [0.15, 0.2) is 0 Å². The fraction of sp³-hybridized carbons (Fsp3) is 0.278. The van der Waals surface area contributed by atoms with Gasteiger partial charge in [-0.05, 0) is 23.8 Å². The number of carbonyl (C=O) groups is 1. The Morgan fingerprint density at radius 1 is 1.23 bits per heavy atom. The second-order valence-electron chi connectivity index (χ2n) is 6.12. The third kappa shape index (κ3) is 4.27. The van der Waals surface area contributed by atoms with Crippen LogP contribution in [0.25, 0.3) is 0 Å². The Kier molecular flexibility index (Phi) is 5.36. The maximum absolute atomic E-state index is 14.1. The lowest BCUT2D eigenvalue weighted by atomic mass is 10.1. The van der Waals surface area contributed by atoms with Gasteiger partial charge in [0.25, 0.3) is 5.91 Å². The van der Waals surface area contributed by atoms with Crippen LogP contribution in [0.5, 0.6) is 0 Å². The number of hydrogen-bond donors (Lipinski definition) is 1. The van der Waals surface area contributed by atoms with E-state index in [2.05, 4.69) is 0 Å². The number of halogens is 1. The van der Waals surface area contributed by atoms with Crippen LogP contribution in [-0.2, 0) is 21.2 Å². The molecule has 0 spiro atoms. The zero-order valence-electron chi connectivity index (χ0n) is 14.0. The zero-order chi connectivity index (χ0) is 18.7. The van der Waals surface area contributed by atoms with Gasteiger partial charge >= 0.3 is 0 Å². The van der Waals surface area contributed by atoms with E-state index in [1.54, 1.807) is 0 Å². The quantitative estimate of drug-likeness (QED) is 0.874. The van der Waals surface area contributed by atoms with E-state index in [0.717, 1.165) is 23.8 Å². The molecule has 6 nitrogen and oxygen atoms in total. The topological polar surface area (TPSA) is 89.7 Å². The summed E-state index contributed by atoms with van der Waals surface area (Å²) in [5.41, 5.74) is 0.770. The number of nitrogens with zero attached hydrogens (tertiary/aromatic N) is 1. The maximum atomic E-state index is 14.1. The highest BCUT2D eigenvalue weighted by molar-refractivity contribution is 7.89. The smallest absolute Gasteiger partial charge is 0.257 e. The second kappa shape index (κ2) is 7.53. The van der Waals surface area contributed by atoms with E-state index < -0.39 is 21.7 Å². The lowest BCUT2D eigenvalue weighted by Crippen LogP contribution is -2.46. The normalized spacial score (nSPS) is 17.9. The van der Waals surface area contributed by atoms with Gasteiger partial charge in [-0.2, -0.15) is 0 Å². The van der Waals surface area contributed by atoms with Gasteiger partial charge in [-0.25, -0.2) is 17.9 Å². The Bertz CT molecular complexity index is 903. The molecule has 1 aliphatic heterocycles. The molecule has 0 aromatic heterocycles. The van der Waals surface area contributed by atoms with Gasteiger partial charge in [0.05, 0.1) is 23.2 Å². The Labute approximate surface area is 151 Å². The van der Waals surface area contributed by atoms with Crippen molar-refractivity contribution in [2.75, 3.05) is 19.7 Å². The summed E-state index contributed by atoms with van der Waals surface area (Å²) < 4.78 is 42.7. The SMILES string of the molecule is NS(=O)(=O)c1ccc(F)c(C(=O)N2CCO[C@@H](Cc3ccccc3)C2)c1. The largest absolute Gasteiger partial charge is 0.374 e. The minimum atomic E-state index is -4.02. The van der Waals surface area contributed by atoms with Crippen LogP contribution in [0.4, 0.5) is 4.39 Å². The summed E-state index contributed by atoms with van der Waals surface area (Å²) in [7, 11) is -4.02. The second-order valence-corrected chi connectivity index (χ2v) is 7.68. The van der Waals surface area contributed by atoms with Crippen LogP contribution in [0.1, 0.15) is 15.9 Å². The van der Waals surface area contributed by atoms with Crippen molar-refractivity contribution in [3.8, 4) is 0 Å². The predicted molar refractivity (Wildman–Crippen MR) is 93.6 cm³/mol. The molecule has 1 atom stereocenters. The molecule has 0 radical (unpaired) electrons. The number of ether oxygens (including phenoxy) is 1. The first-order valence-electron chi connectivity index (χ1n) is 8.12. The molecular formula is C18H19FN2O4S. The van der Waals surface area contributed by atoms with Crippen molar-refractivity contribution in [1.82, 2.24) is 4.90 Å². The molecule has 2 aromatic carbocycles. The summed E-state index contributed by atoms with van der Waals surface area (Å²) in [5.74, 6) is -1.36. The van der Waals surface area contributed by atoms with Gasteiger partial charge in [0.1, 0.15) is 5.82 Å². The maximum Gasteiger partial charge on any atom is 0.257 e. The molecular weight excluding hydrogens is 359 g/mol. The number of sulfonamides is 1. The molecule has 0 unspecified atom stereocenters. The number of benzene rings is 2. The average Bonchev–Trinajstić information content (AvgIpc) is 2.61. The zero-order valence-corrected chi connectivity index (χ0v) is 14.8. The molecule has 3 rings (SSSR count). The molecule has 8 heteroatoms. The van der Waals surface area contributed by atoms with Crippen LogP contribution in [0, 0.1) is 5.82 Å². The molecule has 1 aliphatic rings. The van der Waals surface area contributed by atoms with Gasteiger partial charge in [0.2, 0.25) is 10.0 Å². The van der Waals surface area contributed by atoms with E-state index in [1.165, 1.54) is 4.90 Å². The van der Waals surface area contributed by atoms with Gasteiger partial charge in [0, 0.05) is 19.5 Å². The third-order valence-electron chi connectivity index (χ3n) is 4.23. The fourth-order valence-electron chi connectivity index (χ4n) is 2.92. The van der Waals surface area contributed by atoms with Crippen molar-refractivity contribution in [2.24, 2.45) is 5.14 Å². The van der Waals surface area contributed by atoms with Crippen LogP contribution >= 0.6 is 0 Å². The molecule has 1 heterocycles. The van der Waals surface area contributed by atoms with Crippen molar-refractivity contribution < 1.29 is 22.3 Å². The van der Waals surface area contributed by atoms with Crippen molar-refractivity contribution >= 4 is 15.9 Å². The summed E-state index contributed by atoms with van der Waals surface area (Å²) in [5, 5.41) is 5.07. The summed E-state index contributed by atoms with van der Waals surface area (Å²) in [6.45, 7) is 0.940.